The Morgan fingerprint density at radius 2 is 2.17 bits per heavy atom. The SMILES string of the molecule is CCc1ccccc1C1C#CC1. The van der Waals surface area contributed by atoms with Crippen molar-refractivity contribution in [3.8, 4) is 11.8 Å². The third kappa shape index (κ3) is 1.12. The van der Waals surface area contributed by atoms with Crippen LogP contribution in [0.25, 0.3) is 0 Å². The highest BCUT2D eigenvalue weighted by molar-refractivity contribution is 5.40. The molecule has 0 saturated heterocycles. The van der Waals surface area contributed by atoms with E-state index >= 15 is 0 Å². The molecule has 0 heterocycles. The van der Waals surface area contributed by atoms with Gasteiger partial charge < -0.3 is 0 Å². The van der Waals surface area contributed by atoms with Gasteiger partial charge in [-0.2, -0.15) is 0 Å². The first kappa shape index (κ1) is 7.43. The minimum absolute atomic E-state index is 0.529. The van der Waals surface area contributed by atoms with Crippen LogP contribution in [0.2, 0.25) is 0 Å². The quantitative estimate of drug-likeness (QED) is 0.577. The molecular formula is C12H12. The first-order chi connectivity index (χ1) is 5.92. The molecule has 0 radical (unpaired) electrons. The van der Waals surface area contributed by atoms with Crippen LogP contribution in [0, 0.1) is 11.8 Å². The average Bonchev–Trinajstić information content (AvgIpc) is 2.02. The van der Waals surface area contributed by atoms with Crippen LogP contribution >= 0.6 is 0 Å². The summed E-state index contributed by atoms with van der Waals surface area (Å²) in [6, 6.07) is 8.62. The van der Waals surface area contributed by atoms with Crippen molar-refractivity contribution in [1.29, 1.82) is 0 Å². The Hall–Kier alpha value is -1.22. The van der Waals surface area contributed by atoms with Gasteiger partial charge in [0.05, 0.1) is 5.92 Å². The van der Waals surface area contributed by atoms with Crippen molar-refractivity contribution >= 4 is 0 Å². The molecule has 0 nitrogen and oxygen atoms in total. The summed E-state index contributed by atoms with van der Waals surface area (Å²) in [5.74, 6) is 6.78. The number of benzene rings is 1. The lowest BCUT2D eigenvalue weighted by Crippen LogP contribution is -2.04. The molecule has 0 heteroatoms. The van der Waals surface area contributed by atoms with E-state index in [1.54, 1.807) is 0 Å². The van der Waals surface area contributed by atoms with E-state index in [0.29, 0.717) is 5.92 Å². The van der Waals surface area contributed by atoms with Crippen molar-refractivity contribution in [2.75, 3.05) is 0 Å². The molecule has 1 aliphatic rings. The summed E-state index contributed by atoms with van der Waals surface area (Å²) < 4.78 is 0. The summed E-state index contributed by atoms with van der Waals surface area (Å²) in [5, 5.41) is 0. The second kappa shape index (κ2) is 3.03. The Bertz CT molecular complexity index is 339. The Morgan fingerprint density at radius 3 is 2.75 bits per heavy atom. The summed E-state index contributed by atoms with van der Waals surface area (Å²) in [6.07, 6.45) is 2.17. The van der Waals surface area contributed by atoms with Crippen LogP contribution in [0.15, 0.2) is 24.3 Å². The Kier molecular flexibility index (Phi) is 1.87. The fourth-order valence-electron chi connectivity index (χ4n) is 1.59. The summed E-state index contributed by atoms with van der Waals surface area (Å²) >= 11 is 0. The van der Waals surface area contributed by atoms with E-state index in [9.17, 15) is 0 Å². The summed E-state index contributed by atoms with van der Waals surface area (Å²) in [5.41, 5.74) is 2.90. The molecule has 1 aliphatic carbocycles. The van der Waals surface area contributed by atoms with Crippen molar-refractivity contribution in [3.05, 3.63) is 35.4 Å². The zero-order chi connectivity index (χ0) is 8.39. The zero-order valence-corrected chi connectivity index (χ0v) is 7.30. The molecule has 1 aromatic carbocycles. The van der Waals surface area contributed by atoms with Gasteiger partial charge in [0.25, 0.3) is 0 Å². The average molecular weight is 156 g/mol. The van der Waals surface area contributed by atoms with Crippen LogP contribution in [-0.2, 0) is 6.42 Å². The van der Waals surface area contributed by atoms with E-state index < -0.39 is 0 Å². The van der Waals surface area contributed by atoms with E-state index in [-0.39, 0.29) is 0 Å². The van der Waals surface area contributed by atoms with Crippen LogP contribution in [0.5, 0.6) is 0 Å². The number of hydrogen-bond acceptors (Lipinski definition) is 0. The van der Waals surface area contributed by atoms with Gasteiger partial charge in [-0.3, -0.25) is 0 Å². The van der Waals surface area contributed by atoms with Crippen LogP contribution in [0.3, 0.4) is 0 Å². The molecule has 0 fully saturated rings. The lowest BCUT2D eigenvalue weighted by Gasteiger charge is -2.16. The molecule has 0 amide bonds. The molecule has 1 aromatic rings. The van der Waals surface area contributed by atoms with Crippen LogP contribution in [0.1, 0.15) is 30.4 Å². The largest absolute Gasteiger partial charge is 0.101 e. The maximum absolute atomic E-state index is 3.19. The predicted molar refractivity (Wildman–Crippen MR) is 51.0 cm³/mol. The lowest BCUT2D eigenvalue weighted by molar-refractivity contribution is 0.846. The van der Waals surface area contributed by atoms with Crippen LogP contribution in [0.4, 0.5) is 0 Å². The smallest absolute Gasteiger partial charge is 0.0564 e. The Labute approximate surface area is 73.6 Å². The monoisotopic (exact) mass is 156 g/mol. The molecule has 0 spiro atoms. The first-order valence-electron chi connectivity index (χ1n) is 4.48. The molecule has 2 rings (SSSR count). The van der Waals surface area contributed by atoms with Gasteiger partial charge in [-0.15, -0.1) is 5.92 Å². The number of rotatable bonds is 2. The number of aryl methyl sites for hydroxylation is 1. The third-order valence-electron chi connectivity index (χ3n) is 2.39. The molecule has 0 bridgehead atoms. The van der Waals surface area contributed by atoms with Crippen LogP contribution in [-0.4, -0.2) is 0 Å². The lowest BCUT2D eigenvalue weighted by atomic mass is 9.87. The van der Waals surface area contributed by atoms with Gasteiger partial charge in [0.1, 0.15) is 0 Å². The van der Waals surface area contributed by atoms with Gasteiger partial charge in [-0.1, -0.05) is 37.1 Å². The zero-order valence-electron chi connectivity index (χ0n) is 7.30. The highest BCUT2D eigenvalue weighted by Crippen LogP contribution is 2.26. The normalized spacial score (nSPS) is 19.2. The van der Waals surface area contributed by atoms with E-state index in [0.717, 1.165) is 12.8 Å². The van der Waals surface area contributed by atoms with Gasteiger partial charge in [-0.25, -0.2) is 0 Å². The van der Waals surface area contributed by atoms with Crippen molar-refractivity contribution < 1.29 is 0 Å². The predicted octanol–water partition coefficient (Wildman–Crippen LogP) is 2.74. The molecule has 60 valence electrons. The van der Waals surface area contributed by atoms with Gasteiger partial charge >= 0.3 is 0 Å². The molecule has 0 aliphatic heterocycles. The highest BCUT2D eigenvalue weighted by Gasteiger charge is 2.14. The second-order valence-electron chi connectivity index (χ2n) is 3.13. The summed E-state index contributed by atoms with van der Waals surface area (Å²) in [4.78, 5) is 0. The number of hydrogen-bond donors (Lipinski definition) is 0. The van der Waals surface area contributed by atoms with Crippen molar-refractivity contribution in [2.45, 2.75) is 25.7 Å². The first-order valence-corrected chi connectivity index (χ1v) is 4.48. The second-order valence-corrected chi connectivity index (χ2v) is 3.13. The Balaban J connectivity index is 2.37. The van der Waals surface area contributed by atoms with Gasteiger partial charge in [-0.05, 0) is 17.5 Å². The fourth-order valence-corrected chi connectivity index (χ4v) is 1.59. The standard InChI is InChI=1S/C12H12/c1-2-10-6-3-4-9-12(10)11-7-5-8-11/h3-4,6,9,11H,2,7H2,1H3. The van der Waals surface area contributed by atoms with Crippen LogP contribution < -0.4 is 0 Å². The molecule has 0 N–H and O–H groups in total. The maximum atomic E-state index is 3.19. The van der Waals surface area contributed by atoms with Crippen molar-refractivity contribution in [2.24, 2.45) is 0 Å². The Morgan fingerprint density at radius 1 is 1.42 bits per heavy atom. The molecular weight excluding hydrogens is 144 g/mol. The van der Waals surface area contributed by atoms with Gasteiger partial charge in [0.2, 0.25) is 0 Å². The van der Waals surface area contributed by atoms with Gasteiger partial charge in [0.15, 0.2) is 0 Å². The topological polar surface area (TPSA) is 0 Å². The highest BCUT2D eigenvalue weighted by atomic mass is 14.2. The minimum Gasteiger partial charge on any atom is -0.101 e. The van der Waals surface area contributed by atoms with Crippen molar-refractivity contribution in [3.63, 3.8) is 0 Å². The molecule has 0 aromatic heterocycles. The van der Waals surface area contributed by atoms with Crippen molar-refractivity contribution in [1.82, 2.24) is 0 Å². The molecule has 1 atom stereocenters. The summed E-state index contributed by atoms with van der Waals surface area (Å²) in [7, 11) is 0. The molecule has 12 heavy (non-hydrogen) atoms. The summed E-state index contributed by atoms with van der Waals surface area (Å²) in [6.45, 7) is 2.20. The van der Waals surface area contributed by atoms with E-state index in [2.05, 4.69) is 43.0 Å². The molecule has 1 unspecified atom stereocenters. The maximum Gasteiger partial charge on any atom is 0.0564 e. The fraction of sp³-hybridized carbons (Fsp3) is 0.333. The third-order valence-corrected chi connectivity index (χ3v) is 2.39. The molecule has 0 saturated carbocycles. The van der Waals surface area contributed by atoms with E-state index in [1.807, 2.05) is 0 Å². The van der Waals surface area contributed by atoms with E-state index in [4.69, 9.17) is 0 Å². The van der Waals surface area contributed by atoms with Gasteiger partial charge in [0, 0.05) is 6.42 Å². The minimum atomic E-state index is 0.529. The van der Waals surface area contributed by atoms with E-state index in [1.165, 1.54) is 11.1 Å².